The zero-order valence-electron chi connectivity index (χ0n) is 13.8. The number of hydrogen-bond acceptors (Lipinski definition) is 2. The summed E-state index contributed by atoms with van der Waals surface area (Å²) in [6, 6.07) is 0. The van der Waals surface area contributed by atoms with Crippen molar-refractivity contribution in [3.8, 4) is 11.8 Å². The molecule has 0 aliphatic rings. The number of rotatable bonds is 11. The summed E-state index contributed by atoms with van der Waals surface area (Å²) in [5, 5.41) is 8.80. The van der Waals surface area contributed by atoms with E-state index in [1.54, 1.807) is 0 Å². The highest BCUT2D eigenvalue weighted by atomic mass is 16.5. The highest BCUT2D eigenvalue weighted by Crippen LogP contribution is 2.05. The van der Waals surface area contributed by atoms with Gasteiger partial charge in [-0.3, -0.25) is 0 Å². The van der Waals surface area contributed by atoms with Crippen molar-refractivity contribution in [3.05, 3.63) is 36.5 Å². The fourth-order valence-electron chi connectivity index (χ4n) is 1.75. The maximum absolute atomic E-state index is 10.7. The first-order valence-electron chi connectivity index (χ1n) is 7.91. The van der Waals surface area contributed by atoms with Crippen molar-refractivity contribution >= 4 is 5.97 Å². The molecular weight excluding hydrogens is 276 g/mol. The van der Waals surface area contributed by atoms with E-state index in [2.05, 4.69) is 43.1 Å². The smallest absolute Gasteiger partial charge is 0.332 e. The second kappa shape index (κ2) is 15.6. The van der Waals surface area contributed by atoms with Gasteiger partial charge in [-0.1, -0.05) is 49.1 Å². The van der Waals surface area contributed by atoms with Gasteiger partial charge in [0.25, 0.3) is 0 Å². The van der Waals surface area contributed by atoms with Gasteiger partial charge in [-0.15, -0.1) is 0 Å². The Balaban J connectivity index is 3.62. The second-order valence-corrected chi connectivity index (χ2v) is 4.84. The number of carboxylic acid groups (broad SMARTS) is 1. The van der Waals surface area contributed by atoms with Crippen molar-refractivity contribution in [2.75, 3.05) is 7.11 Å². The third-order valence-corrected chi connectivity index (χ3v) is 2.98. The Morgan fingerprint density at radius 2 is 1.95 bits per heavy atom. The zero-order valence-corrected chi connectivity index (χ0v) is 13.8. The van der Waals surface area contributed by atoms with Crippen LogP contribution >= 0.6 is 0 Å². The maximum atomic E-state index is 10.7. The van der Waals surface area contributed by atoms with Gasteiger partial charge in [-0.2, -0.15) is 0 Å². The molecule has 22 heavy (non-hydrogen) atoms. The van der Waals surface area contributed by atoms with E-state index in [4.69, 9.17) is 9.84 Å². The predicted molar refractivity (Wildman–Crippen MR) is 91.6 cm³/mol. The minimum absolute atomic E-state index is 0.529. The Morgan fingerprint density at radius 1 is 1.18 bits per heavy atom. The fraction of sp³-hybridized carbons (Fsp3) is 0.526. The lowest BCUT2D eigenvalue weighted by Gasteiger charge is -2.08. The molecule has 0 aromatic heterocycles. The Kier molecular flexibility index (Phi) is 14.3. The molecule has 3 nitrogen and oxygen atoms in total. The van der Waals surface area contributed by atoms with Gasteiger partial charge in [-0.25, -0.2) is 4.79 Å². The predicted octanol–water partition coefficient (Wildman–Crippen LogP) is 4.51. The molecule has 0 heterocycles. The van der Waals surface area contributed by atoms with Crippen LogP contribution in [0.3, 0.4) is 0 Å². The SMILES string of the molecule is CC/C=C/C/C=C\CCC#C/C=C/CCCC(OC)C(=O)O. The molecular formula is C19H28O3. The van der Waals surface area contributed by atoms with Gasteiger partial charge < -0.3 is 9.84 Å². The molecule has 0 bridgehead atoms. The summed E-state index contributed by atoms with van der Waals surface area (Å²) in [6.07, 6.45) is 17.9. The molecule has 0 aliphatic heterocycles. The van der Waals surface area contributed by atoms with Crippen molar-refractivity contribution in [1.29, 1.82) is 0 Å². The normalized spacial score (nSPS) is 12.8. The van der Waals surface area contributed by atoms with Crippen LogP contribution < -0.4 is 0 Å². The van der Waals surface area contributed by atoms with Crippen molar-refractivity contribution in [3.63, 3.8) is 0 Å². The van der Waals surface area contributed by atoms with E-state index in [0.29, 0.717) is 6.42 Å². The molecule has 0 fully saturated rings. The average Bonchev–Trinajstić information content (AvgIpc) is 2.51. The van der Waals surface area contributed by atoms with Gasteiger partial charge >= 0.3 is 5.97 Å². The van der Waals surface area contributed by atoms with Gasteiger partial charge in [0.05, 0.1) is 0 Å². The molecule has 1 atom stereocenters. The molecule has 1 N–H and O–H groups in total. The van der Waals surface area contributed by atoms with Crippen LogP contribution in [0, 0.1) is 11.8 Å². The van der Waals surface area contributed by atoms with Crippen LogP contribution in [0.1, 0.15) is 51.9 Å². The lowest BCUT2D eigenvalue weighted by atomic mass is 10.1. The second-order valence-electron chi connectivity index (χ2n) is 4.84. The highest BCUT2D eigenvalue weighted by molar-refractivity contribution is 5.72. The fourth-order valence-corrected chi connectivity index (χ4v) is 1.75. The first kappa shape index (κ1) is 20.2. The van der Waals surface area contributed by atoms with Crippen LogP contribution in [-0.4, -0.2) is 24.3 Å². The van der Waals surface area contributed by atoms with Crippen LogP contribution in [-0.2, 0) is 9.53 Å². The van der Waals surface area contributed by atoms with Gasteiger partial charge in [0.15, 0.2) is 6.10 Å². The van der Waals surface area contributed by atoms with E-state index >= 15 is 0 Å². The molecule has 122 valence electrons. The maximum Gasteiger partial charge on any atom is 0.332 e. The summed E-state index contributed by atoms with van der Waals surface area (Å²) in [6.45, 7) is 2.13. The number of unbranched alkanes of at least 4 members (excludes halogenated alkanes) is 2. The van der Waals surface area contributed by atoms with Gasteiger partial charge in [-0.05, 0) is 44.6 Å². The van der Waals surface area contributed by atoms with Gasteiger partial charge in [0.1, 0.15) is 0 Å². The Labute approximate surface area is 134 Å². The lowest BCUT2D eigenvalue weighted by Crippen LogP contribution is -2.21. The van der Waals surface area contributed by atoms with Crippen LogP contribution in [0.5, 0.6) is 0 Å². The Hall–Kier alpha value is -1.79. The van der Waals surface area contributed by atoms with Crippen molar-refractivity contribution < 1.29 is 14.6 Å². The first-order valence-corrected chi connectivity index (χ1v) is 7.91. The summed E-state index contributed by atoms with van der Waals surface area (Å²) < 4.78 is 4.86. The average molecular weight is 304 g/mol. The van der Waals surface area contributed by atoms with E-state index in [1.807, 2.05) is 12.2 Å². The molecule has 0 aliphatic carbocycles. The first-order chi connectivity index (χ1) is 10.7. The van der Waals surface area contributed by atoms with Crippen molar-refractivity contribution in [2.24, 2.45) is 0 Å². The zero-order chi connectivity index (χ0) is 16.5. The van der Waals surface area contributed by atoms with Crippen LogP contribution in [0.4, 0.5) is 0 Å². The number of ether oxygens (including phenoxy) is 1. The van der Waals surface area contributed by atoms with E-state index in [1.165, 1.54) is 7.11 Å². The number of aliphatic carboxylic acids is 1. The molecule has 0 spiro atoms. The molecule has 1 unspecified atom stereocenters. The van der Waals surface area contributed by atoms with E-state index in [0.717, 1.165) is 38.5 Å². The lowest BCUT2D eigenvalue weighted by molar-refractivity contribution is -0.148. The van der Waals surface area contributed by atoms with E-state index in [9.17, 15) is 4.79 Å². The quantitative estimate of drug-likeness (QED) is 0.347. The summed E-state index contributed by atoms with van der Waals surface area (Å²) in [4.78, 5) is 10.7. The summed E-state index contributed by atoms with van der Waals surface area (Å²) in [7, 11) is 1.43. The number of methoxy groups -OCH3 is 1. The van der Waals surface area contributed by atoms with Gasteiger partial charge in [0.2, 0.25) is 0 Å². The minimum atomic E-state index is -0.899. The van der Waals surface area contributed by atoms with E-state index in [-0.39, 0.29) is 0 Å². The molecule has 0 rings (SSSR count). The van der Waals surface area contributed by atoms with E-state index < -0.39 is 12.1 Å². The minimum Gasteiger partial charge on any atom is -0.479 e. The van der Waals surface area contributed by atoms with Crippen LogP contribution in [0.2, 0.25) is 0 Å². The molecule has 0 aromatic rings. The molecule has 0 saturated carbocycles. The molecule has 0 saturated heterocycles. The van der Waals surface area contributed by atoms with Crippen LogP contribution in [0.15, 0.2) is 36.5 Å². The Morgan fingerprint density at radius 3 is 2.64 bits per heavy atom. The summed E-state index contributed by atoms with van der Waals surface area (Å²) >= 11 is 0. The monoisotopic (exact) mass is 304 g/mol. The summed E-state index contributed by atoms with van der Waals surface area (Å²) in [5.41, 5.74) is 0. The standard InChI is InChI=1S/C19H28O3/c1-3-4-5-6-7-8-9-10-11-12-13-14-15-16-17-18(22-2)19(20)21/h4-5,7-8,13-14,18H,3,6,9-10,15-17H2,1-2H3,(H,20,21)/b5-4+,8-7-,14-13+. The van der Waals surface area contributed by atoms with Crippen molar-refractivity contribution in [1.82, 2.24) is 0 Å². The highest BCUT2D eigenvalue weighted by Gasteiger charge is 2.14. The molecule has 0 amide bonds. The van der Waals surface area contributed by atoms with Crippen molar-refractivity contribution in [2.45, 2.75) is 58.0 Å². The third kappa shape index (κ3) is 13.2. The summed E-state index contributed by atoms with van der Waals surface area (Å²) in [5.74, 6) is 5.19. The number of carboxylic acids is 1. The Bertz CT molecular complexity index is 422. The number of hydrogen-bond donors (Lipinski definition) is 1. The molecule has 3 heteroatoms. The topological polar surface area (TPSA) is 46.5 Å². The molecule has 0 aromatic carbocycles. The molecule has 0 radical (unpaired) electrons. The van der Waals surface area contributed by atoms with Crippen LogP contribution in [0.25, 0.3) is 0 Å². The number of carbonyl (C=O) groups is 1. The largest absolute Gasteiger partial charge is 0.479 e. The van der Waals surface area contributed by atoms with Gasteiger partial charge in [0, 0.05) is 13.5 Å². The number of allylic oxidation sites excluding steroid dienone is 6. The third-order valence-electron chi connectivity index (χ3n) is 2.98.